The molecule has 0 aliphatic heterocycles. The minimum atomic E-state index is 0.321. The van der Waals surface area contributed by atoms with Crippen molar-refractivity contribution in [1.29, 1.82) is 0 Å². The van der Waals surface area contributed by atoms with Crippen molar-refractivity contribution in [3.05, 3.63) is 0 Å². The molecule has 0 radical (unpaired) electrons. The van der Waals surface area contributed by atoms with Crippen molar-refractivity contribution < 1.29 is 9.53 Å². The molecular formula is C14H22O2. The summed E-state index contributed by atoms with van der Waals surface area (Å²) in [6.45, 7) is 0.321. The monoisotopic (exact) mass is 222 g/mol. The Morgan fingerprint density at radius 1 is 1.12 bits per heavy atom. The Morgan fingerprint density at radius 3 is 2.06 bits per heavy atom. The van der Waals surface area contributed by atoms with Crippen molar-refractivity contribution in [2.45, 2.75) is 44.9 Å². The molecule has 0 saturated heterocycles. The molecule has 4 aliphatic rings. The highest BCUT2D eigenvalue weighted by Crippen LogP contribution is 2.61. The smallest absolute Gasteiger partial charge is 0.159 e. The molecule has 0 amide bonds. The summed E-state index contributed by atoms with van der Waals surface area (Å²) in [4.78, 5) is 11.8. The number of ketones is 1. The summed E-state index contributed by atoms with van der Waals surface area (Å²) in [6, 6.07) is 0. The Hall–Kier alpha value is -0.370. The second kappa shape index (κ2) is 3.83. The van der Waals surface area contributed by atoms with Crippen LogP contribution in [0.5, 0.6) is 0 Å². The maximum atomic E-state index is 11.8. The lowest BCUT2D eigenvalue weighted by Crippen LogP contribution is -2.47. The fourth-order valence-electron chi connectivity index (χ4n) is 5.14. The number of rotatable bonds is 4. The zero-order valence-electron chi connectivity index (χ0n) is 10.2. The topological polar surface area (TPSA) is 26.3 Å². The average molecular weight is 222 g/mol. The fourth-order valence-corrected chi connectivity index (χ4v) is 5.14. The summed E-state index contributed by atoms with van der Waals surface area (Å²) in [6.07, 6.45) is 9.15. The molecule has 0 spiro atoms. The SMILES string of the molecule is COCC(=O)CC12CC3CC(CC(C3)C1)C2. The number of carbonyl (C=O) groups excluding carboxylic acids is 1. The minimum absolute atomic E-state index is 0.321. The van der Waals surface area contributed by atoms with E-state index < -0.39 is 0 Å². The third-order valence-electron chi connectivity index (χ3n) is 5.04. The highest BCUT2D eigenvalue weighted by molar-refractivity contribution is 5.80. The highest BCUT2D eigenvalue weighted by Gasteiger charge is 2.51. The van der Waals surface area contributed by atoms with Gasteiger partial charge in [-0.15, -0.1) is 0 Å². The van der Waals surface area contributed by atoms with E-state index in [1.807, 2.05) is 0 Å². The molecule has 4 bridgehead atoms. The lowest BCUT2D eigenvalue weighted by atomic mass is 9.48. The van der Waals surface area contributed by atoms with Gasteiger partial charge in [0.25, 0.3) is 0 Å². The maximum absolute atomic E-state index is 11.8. The molecule has 16 heavy (non-hydrogen) atoms. The first kappa shape index (κ1) is 10.8. The molecule has 4 fully saturated rings. The van der Waals surface area contributed by atoms with Gasteiger partial charge in [0.1, 0.15) is 6.61 Å². The number of carbonyl (C=O) groups is 1. The molecule has 2 heteroatoms. The number of hydrogen-bond donors (Lipinski definition) is 0. The Kier molecular flexibility index (Phi) is 2.58. The molecule has 0 heterocycles. The van der Waals surface area contributed by atoms with Crippen LogP contribution >= 0.6 is 0 Å². The minimum Gasteiger partial charge on any atom is -0.377 e. The molecule has 0 aromatic rings. The Morgan fingerprint density at radius 2 is 1.62 bits per heavy atom. The molecule has 0 unspecified atom stereocenters. The summed E-state index contributed by atoms with van der Waals surface area (Å²) in [7, 11) is 1.62. The molecule has 90 valence electrons. The third-order valence-corrected chi connectivity index (χ3v) is 5.04. The van der Waals surface area contributed by atoms with Crippen LogP contribution in [0, 0.1) is 23.2 Å². The van der Waals surface area contributed by atoms with Crippen molar-refractivity contribution in [2.24, 2.45) is 23.2 Å². The Labute approximate surface area is 97.7 Å². The first-order valence-corrected chi connectivity index (χ1v) is 6.70. The van der Waals surface area contributed by atoms with E-state index in [9.17, 15) is 4.79 Å². The fraction of sp³-hybridized carbons (Fsp3) is 0.929. The van der Waals surface area contributed by atoms with Gasteiger partial charge in [-0.3, -0.25) is 4.79 Å². The molecule has 0 atom stereocenters. The summed E-state index contributed by atoms with van der Waals surface area (Å²) in [5.41, 5.74) is 0.393. The second-order valence-electron chi connectivity index (χ2n) is 6.57. The van der Waals surface area contributed by atoms with Crippen LogP contribution in [0.3, 0.4) is 0 Å². The van der Waals surface area contributed by atoms with Gasteiger partial charge in [0, 0.05) is 13.5 Å². The van der Waals surface area contributed by atoms with Gasteiger partial charge >= 0.3 is 0 Å². The molecule has 0 N–H and O–H groups in total. The molecule has 4 rings (SSSR count). The summed E-state index contributed by atoms with van der Waals surface area (Å²) in [5.74, 6) is 3.16. The van der Waals surface area contributed by atoms with Gasteiger partial charge in [0.2, 0.25) is 0 Å². The van der Waals surface area contributed by atoms with E-state index in [2.05, 4.69) is 0 Å². The molecular weight excluding hydrogens is 200 g/mol. The number of Topliss-reactive ketones (excluding diaryl/α,β-unsaturated/α-hetero) is 1. The first-order chi connectivity index (χ1) is 7.69. The molecule has 4 aliphatic carbocycles. The van der Waals surface area contributed by atoms with Crippen molar-refractivity contribution in [1.82, 2.24) is 0 Å². The van der Waals surface area contributed by atoms with Crippen LogP contribution in [0.25, 0.3) is 0 Å². The van der Waals surface area contributed by atoms with E-state index in [0.717, 1.165) is 24.2 Å². The van der Waals surface area contributed by atoms with Crippen molar-refractivity contribution in [3.8, 4) is 0 Å². The molecule has 2 nitrogen and oxygen atoms in total. The van der Waals surface area contributed by atoms with Crippen LogP contribution in [0.1, 0.15) is 44.9 Å². The second-order valence-corrected chi connectivity index (χ2v) is 6.57. The van der Waals surface area contributed by atoms with Gasteiger partial charge in [-0.1, -0.05) is 0 Å². The number of hydrogen-bond acceptors (Lipinski definition) is 2. The van der Waals surface area contributed by atoms with Crippen molar-refractivity contribution in [2.75, 3.05) is 13.7 Å². The van der Waals surface area contributed by atoms with Gasteiger partial charge in [-0.25, -0.2) is 0 Å². The number of ether oxygens (including phenoxy) is 1. The van der Waals surface area contributed by atoms with Gasteiger partial charge in [0.15, 0.2) is 5.78 Å². The zero-order valence-corrected chi connectivity index (χ0v) is 10.2. The summed E-state index contributed by atoms with van der Waals surface area (Å²) >= 11 is 0. The van der Waals surface area contributed by atoms with Gasteiger partial charge < -0.3 is 4.74 Å². The summed E-state index contributed by atoms with van der Waals surface area (Å²) in [5, 5.41) is 0. The molecule has 0 aromatic heterocycles. The van der Waals surface area contributed by atoms with Crippen molar-refractivity contribution >= 4 is 5.78 Å². The summed E-state index contributed by atoms with van der Waals surface area (Å²) < 4.78 is 4.97. The predicted octanol–water partition coefficient (Wildman–Crippen LogP) is 2.81. The largest absolute Gasteiger partial charge is 0.377 e. The lowest BCUT2D eigenvalue weighted by molar-refractivity contribution is -0.130. The Bertz CT molecular complexity index is 260. The van der Waals surface area contributed by atoms with Gasteiger partial charge in [0.05, 0.1) is 0 Å². The molecule has 4 saturated carbocycles. The van der Waals surface area contributed by atoms with E-state index >= 15 is 0 Å². The van der Waals surface area contributed by atoms with Gasteiger partial charge in [-0.05, 0) is 61.7 Å². The zero-order chi connectivity index (χ0) is 11.2. The lowest BCUT2D eigenvalue weighted by Gasteiger charge is -2.56. The van der Waals surface area contributed by atoms with E-state index in [1.54, 1.807) is 7.11 Å². The Balaban J connectivity index is 1.71. The normalized spacial score (nSPS) is 44.9. The predicted molar refractivity (Wildman–Crippen MR) is 62.1 cm³/mol. The van der Waals surface area contributed by atoms with Crippen LogP contribution in [-0.2, 0) is 9.53 Å². The maximum Gasteiger partial charge on any atom is 0.159 e. The number of methoxy groups -OCH3 is 1. The first-order valence-electron chi connectivity index (χ1n) is 6.70. The van der Waals surface area contributed by atoms with Crippen LogP contribution in [0.2, 0.25) is 0 Å². The van der Waals surface area contributed by atoms with E-state index in [4.69, 9.17) is 4.74 Å². The molecule has 0 aromatic carbocycles. The van der Waals surface area contributed by atoms with Crippen LogP contribution in [-0.4, -0.2) is 19.5 Å². The van der Waals surface area contributed by atoms with Crippen LogP contribution in [0.4, 0.5) is 0 Å². The van der Waals surface area contributed by atoms with Gasteiger partial charge in [-0.2, -0.15) is 0 Å². The third kappa shape index (κ3) is 1.81. The van der Waals surface area contributed by atoms with Crippen LogP contribution in [0.15, 0.2) is 0 Å². The highest BCUT2D eigenvalue weighted by atomic mass is 16.5. The van der Waals surface area contributed by atoms with Crippen LogP contribution < -0.4 is 0 Å². The quantitative estimate of drug-likeness (QED) is 0.731. The van der Waals surface area contributed by atoms with Crippen molar-refractivity contribution in [3.63, 3.8) is 0 Å². The average Bonchev–Trinajstić information content (AvgIpc) is 2.13. The van der Waals surface area contributed by atoms with E-state index in [1.165, 1.54) is 38.5 Å². The van der Waals surface area contributed by atoms with E-state index in [-0.39, 0.29) is 0 Å². The standard InChI is InChI=1S/C14H22O2/c1-16-9-13(15)8-14-5-10-2-11(6-14)4-12(3-10)7-14/h10-12H,2-9H2,1H3. The van der Waals surface area contributed by atoms with E-state index in [0.29, 0.717) is 17.8 Å².